The molecule has 0 saturated carbocycles. The van der Waals surface area contributed by atoms with Crippen LogP contribution in [-0.4, -0.2) is 41.0 Å². The molecular formula is C12H18N6O2S. The zero-order chi connectivity index (χ0) is 15.1. The first kappa shape index (κ1) is 15.4. The van der Waals surface area contributed by atoms with Crippen LogP contribution in [0.2, 0.25) is 0 Å². The third-order valence-corrected chi connectivity index (χ3v) is 4.13. The van der Waals surface area contributed by atoms with Crippen LogP contribution in [0, 0.1) is 0 Å². The van der Waals surface area contributed by atoms with Crippen molar-refractivity contribution in [3.05, 3.63) is 31.1 Å². The van der Waals surface area contributed by atoms with E-state index < -0.39 is 10.0 Å². The fourth-order valence-electron chi connectivity index (χ4n) is 1.67. The lowest BCUT2D eigenvalue weighted by molar-refractivity contribution is 0.569. The molecule has 0 atom stereocenters. The molecule has 0 bridgehead atoms. The molecule has 114 valence electrons. The molecule has 2 aromatic rings. The number of imidazole rings is 1. The van der Waals surface area contributed by atoms with Gasteiger partial charge in [-0.25, -0.2) is 28.1 Å². The largest absolute Gasteiger partial charge is 0.355 e. The fourth-order valence-corrected chi connectivity index (χ4v) is 2.64. The number of sulfonamides is 1. The first-order chi connectivity index (χ1) is 10.1. The van der Waals surface area contributed by atoms with E-state index in [0.29, 0.717) is 32.0 Å². The van der Waals surface area contributed by atoms with E-state index in [1.165, 1.54) is 12.4 Å². The van der Waals surface area contributed by atoms with Gasteiger partial charge in [0.15, 0.2) is 0 Å². The van der Waals surface area contributed by atoms with Crippen LogP contribution in [0.5, 0.6) is 0 Å². The molecule has 9 heteroatoms. The molecule has 8 nitrogen and oxygen atoms in total. The number of hydrogen-bond donors (Lipinski definition) is 2. The fraction of sp³-hybridized carbons (Fsp3) is 0.417. The highest BCUT2D eigenvalue weighted by atomic mass is 32.2. The minimum atomic E-state index is -3.56. The van der Waals surface area contributed by atoms with Gasteiger partial charge in [-0.05, 0) is 13.3 Å². The van der Waals surface area contributed by atoms with E-state index in [2.05, 4.69) is 25.0 Å². The number of nitrogens with zero attached hydrogens (tertiary/aromatic N) is 4. The van der Waals surface area contributed by atoms with Gasteiger partial charge < -0.3 is 9.88 Å². The topological polar surface area (TPSA) is 102 Å². The van der Waals surface area contributed by atoms with Crippen molar-refractivity contribution in [1.29, 1.82) is 0 Å². The van der Waals surface area contributed by atoms with Crippen molar-refractivity contribution in [1.82, 2.24) is 24.2 Å². The first-order valence-electron chi connectivity index (χ1n) is 6.63. The van der Waals surface area contributed by atoms with Gasteiger partial charge in [-0.3, -0.25) is 0 Å². The van der Waals surface area contributed by atoms with Crippen LogP contribution in [0.4, 0.5) is 5.95 Å². The molecule has 0 saturated heterocycles. The summed E-state index contributed by atoms with van der Waals surface area (Å²) in [5.74, 6) is 0.413. The van der Waals surface area contributed by atoms with Gasteiger partial charge in [0, 0.05) is 32.0 Å². The second-order valence-corrected chi connectivity index (χ2v) is 6.09. The van der Waals surface area contributed by atoms with Crippen LogP contribution < -0.4 is 10.0 Å². The molecule has 2 heterocycles. The number of aromatic nitrogens is 4. The minimum Gasteiger partial charge on any atom is -0.355 e. The third kappa shape index (κ3) is 4.50. The predicted octanol–water partition coefficient (Wildman–Crippen LogP) is 0.473. The van der Waals surface area contributed by atoms with Gasteiger partial charge >= 0.3 is 0 Å². The van der Waals surface area contributed by atoms with Gasteiger partial charge in [0.05, 0.1) is 18.7 Å². The second kappa shape index (κ2) is 7.14. The van der Waals surface area contributed by atoms with Gasteiger partial charge in [0.25, 0.3) is 0 Å². The van der Waals surface area contributed by atoms with E-state index in [0.717, 1.165) is 0 Å². The molecule has 0 amide bonds. The predicted molar refractivity (Wildman–Crippen MR) is 78.2 cm³/mol. The van der Waals surface area contributed by atoms with E-state index >= 15 is 0 Å². The molecule has 0 fully saturated rings. The highest BCUT2D eigenvalue weighted by molar-refractivity contribution is 7.89. The average Bonchev–Trinajstić information content (AvgIpc) is 2.98. The molecule has 0 aromatic carbocycles. The molecule has 2 rings (SSSR count). The Morgan fingerprint density at radius 3 is 2.67 bits per heavy atom. The van der Waals surface area contributed by atoms with Crippen LogP contribution >= 0.6 is 0 Å². The summed E-state index contributed by atoms with van der Waals surface area (Å²) in [5.41, 5.74) is 0. The SMILES string of the molecule is CCNc1ncc(S(=O)(=O)NCCCn2ccnc2)cn1. The van der Waals surface area contributed by atoms with Crippen molar-refractivity contribution < 1.29 is 8.42 Å². The van der Waals surface area contributed by atoms with Crippen LogP contribution in [0.25, 0.3) is 0 Å². The van der Waals surface area contributed by atoms with Gasteiger partial charge in [-0.1, -0.05) is 0 Å². The second-order valence-electron chi connectivity index (χ2n) is 4.32. The summed E-state index contributed by atoms with van der Waals surface area (Å²) in [6.45, 7) is 3.64. The zero-order valence-corrected chi connectivity index (χ0v) is 12.5. The summed E-state index contributed by atoms with van der Waals surface area (Å²) in [5, 5.41) is 2.91. The summed E-state index contributed by atoms with van der Waals surface area (Å²) >= 11 is 0. The van der Waals surface area contributed by atoms with Crippen molar-refractivity contribution in [3.63, 3.8) is 0 Å². The Bertz CT molecular complexity index is 639. The van der Waals surface area contributed by atoms with E-state index in [-0.39, 0.29) is 4.90 Å². The Morgan fingerprint density at radius 1 is 1.29 bits per heavy atom. The molecule has 0 radical (unpaired) electrons. The summed E-state index contributed by atoms with van der Waals surface area (Å²) in [6, 6.07) is 0. The molecular weight excluding hydrogens is 292 g/mol. The number of nitrogens with one attached hydrogen (secondary N) is 2. The first-order valence-corrected chi connectivity index (χ1v) is 8.11. The molecule has 0 aliphatic carbocycles. The summed E-state index contributed by atoms with van der Waals surface area (Å²) in [4.78, 5) is 11.9. The van der Waals surface area contributed by atoms with E-state index in [4.69, 9.17) is 0 Å². The van der Waals surface area contributed by atoms with Crippen molar-refractivity contribution in [3.8, 4) is 0 Å². The Labute approximate surface area is 123 Å². The Morgan fingerprint density at radius 2 is 2.05 bits per heavy atom. The maximum atomic E-state index is 12.0. The van der Waals surface area contributed by atoms with Crippen molar-refractivity contribution >= 4 is 16.0 Å². The van der Waals surface area contributed by atoms with Crippen molar-refractivity contribution in [2.75, 3.05) is 18.4 Å². The van der Waals surface area contributed by atoms with Crippen molar-refractivity contribution in [2.24, 2.45) is 0 Å². The maximum Gasteiger partial charge on any atom is 0.243 e. The average molecular weight is 310 g/mol. The van der Waals surface area contributed by atoms with Crippen LogP contribution in [-0.2, 0) is 16.6 Å². The summed E-state index contributed by atoms with van der Waals surface area (Å²) in [6.07, 6.45) is 8.48. The van der Waals surface area contributed by atoms with Gasteiger partial charge in [0.2, 0.25) is 16.0 Å². The smallest absolute Gasteiger partial charge is 0.243 e. The lowest BCUT2D eigenvalue weighted by Gasteiger charge is -2.07. The zero-order valence-electron chi connectivity index (χ0n) is 11.7. The molecule has 0 aliphatic rings. The monoisotopic (exact) mass is 310 g/mol. The Hall–Kier alpha value is -2.00. The number of hydrogen-bond acceptors (Lipinski definition) is 6. The lowest BCUT2D eigenvalue weighted by atomic mass is 10.4. The van der Waals surface area contributed by atoms with Crippen LogP contribution in [0.3, 0.4) is 0 Å². The highest BCUT2D eigenvalue weighted by Crippen LogP contribution is 2.07. The molecule has 21 heavy (non-hydrogen) atoms. The highest BCUT2D eigenvalue weighted by Gasteiger charge is 2.14. The maximum absolute atomic E-state index is 12.0. The number of rotatable bonds is 8. The molecule has 0 spiro atoms. The molecule has 2 N–H and O–H groups in total. The summed E-state index contributed by atoms with van der Waals surface area (Å²) < 4.78 is 28.5. The standard InChI is InChI=1S/C12H18N6O2S/c1-2-14-12-15-8-11(9-16-12)21(19,20)17-4-3-6-18-7-5-13-10-18/h5,7-10,17H,2-4,6H2,1H3,(H,14,15,16). The normalized spacial score (nSPS) is 11.5. The van der Waals surface area contributed by atoms with Crippen LogP contribution in [0.15, 0.2) is 36.0 Å². The van der Waals surface area contributed by atoms with E-state index in [1.807, 2.05) is 17.7 Å². The van der Waals surface area contributed by atoms with Gasteiger partial charge in [-0.2, -0.15) is 0 Å². The molecule has 2 aromatic heterocycles. The lowest BCUT2D eigenvalue weighted by Crippen LogP contribution is -2.26. The quantitative estimate of drug-likeness (QED) is 0.687. The molecule has 0 unspecified atom stereocenters. The minimum absolute atomic E-state index is 0.0618. The van der Waals surface area contributed by atoms with Crippen LogP contribution in [0.1, 0.15) is 13.3 Å². The summed E-state index contributed by atoms with van der Waals surface area (Å²) in [7, 11) is -3.56. The van der Waals surface area contributed by atoms with Gasteiger partial charge in [0.1, 0.15) is 4.90 Å². The van der Waals surface area contributed by atoms with E-state index in [1.54, 1.807) is 12.5 Å². The number of anilines is 1. The molecule has 0 aliphatic heterocycles. The van der Waals surface area contributed by atoms with Crippen molar-refractivity contribution in [2.45, 2.75) is 24.8 Å². The third-order valence-electron chi connectivity index (χ3n) is 2.72. The van der Waals surface area contributed by atoms with E-state index in [9.17, 15) is 8.42 Å². The number of aryl methyl sites for hydroxylation is 1. The Balaban J connectivity index is 1.85. The van der Waals surface area contributed by atoms with Gasteiger partial charge in [-0.15, -0.1) is 0 Å². The Kier molecular flexibility index (Phi) is 5.23.